The Bertz CT molecular complexity index is 1570. The van der Waals surface area contributed by atoms with Crippen LogP contribution in [0.15, 0.2) is 68.6 Å². The van der Waals surface area contributed by atoms with E-state index in [1.54, 1.807) is 30.3 Å². The van der Waals surface area contributed by atoms with Crippen molar-refractivity contribution in [1.82, 2.24) is 9.47 Å². The van der Waals surface area contributed by atoms with E-state index in [9.17, 15) is 14.7 Å². The molecule has 178 valence electrons. The number of aromatic nitrogens is 1. The summed E-state index contributed by atoms with van der Waals surface area (Å²) in [6.07, 6.45) is 1.06. The number of likely N-dealkylation sites (tertiary alicyclic amines) is 1. The smallest absolute Gasteiger partial charge is 0.344 e. The van der Waals surface area contributed by atoms with Crippen molar-refractivity contribution in [2.75, 3.05) is 13.1 Å². The highest BCUT2D eigenvalue weighted by Crippen LogP contribution is 2.38. The van der Waals surface area contributed by atoms with Gasteiger partial charge in [-0.05, 0) is 60.7 Å². The number of hydrogen-bond acceptors (Lipinski definition) is 5. The number of phenolic OH excluding ortho intramolecular Hbond substituents is 1. The molecule has 0 amide bonds. The minimum absolute atomic E-state index is 0.0612. The van der Waals surface area contributed by atoms with Crippen LogP contribution in [0.1, 0.15) is 29.2 Å². The standard InChI is InChI=1S/C28H25ClN2O4/c1-16-21-9-10-24(32)22(27(21)35-28(34)26(16)18-5-7-20(29)8-6-18)15-30-12-17-11-19(14-30)23-3-2-4-25(33)31(23)13-17/h2-10,17,19,32H,11-15H2,1H3/t17-,19+/m1/s1. The summed E-state index contributed by atoms with van der Waals surface area (Å²) in [5.74, 6) is 0.745. The Morgan fingerprint density at radius 2 is 1.83 bits per heavy atom. The van der Waals surface area contributed by atoms with Crippen LogP contribution in [0.25, 0.3) is 22.1 Å². The van der Waals surface area contributed by atoms with Crippen molar-refractivity contribution in [3.63, 3.8) is 0 Å². The van der Waals surface area contributed by atoms with Crippen LogP contribution in [0.5, 0.6) is 5.75 Å². The zero-order valence-electron chi connectivity index (χ0n) is 19.3. The second-order valence-corrected chi connectivity index (χ2v) is 10.2. The molecule has 2 aliphatic rings. The van der Waals surface area contributed by atoms with E-state index in [2.05, 4.69) is 4.90 Å². The Balaban J connectivity index is 1.38. The summed E-state index contributed by atoms with van der Waals surface area (Å²) in [7, 11) is 0. The molecule has 2 aromatic heterocycles. The highest BCUT2D eigenvalue weighted by molar-refractivity contribution is 6.30. The van der Waals surface area contributed by atoms with E-state index in [1.165, 1.54) is 0 Å². The van der Waals surface area contributed by atoms with Gasteiger partial charge in [-0.2, -0.15) is 0 Å². The normalized spacial score (nSPS) is 19.6. The van der Waals surface area contributed by atoms with Gasteiger partial charge in [0.2, 0.25) is 0 Å². The van der Waals surface area contributed by atoms with Crippen LogP contribution in [0.3, 0.4) is 0 Å². The molecule has 1 saturated heterocycles. The number of pyridine rings is 1. The number of phenols is 1. The molecule has 1 fully saturated rings. The second kappa shape index (κ2) is 8.40. The zero-order valence-corrected chi connectivity index (χ0v) is 20.1. The van der Waals surface area contributed by atoms with Crippen molar-refractivity contribution < 1.29 is 9.52 Å². The summed E-state index contributed by atoms with van der Waals surface area (Å²) in [5.41, 5.74) is 3.81. The molecule has 2 bridgehead atoms. The molecule has 0 spiro atoms. The molecule has 0 aliphatic carbocycles. The van der Waals surface area contributed by atoms with Gasteiger partial charge in [0.15, 0.2) is 0 Å². The summed E-state index contributed by atoms with van der Waals surface area (Å²) in [6.45, 7) is 4.68. The number of halogens is 1. The quantitative estimate of drug-likeness (QED) is 0.415. The minimum Gasteiger partial charge on any atom is -0.507 e. The van der Waals surface area contributed by atoms with Crippen LogP contribution in [0.4, 0.5) is 0 Å². The zero-order chi connectivity index (χ0) is 24.3. The predicted octanol–water partition coefficient (Wildman–Crippen LogP) is 4.91. The number of aromatic hydroxyl groups is 1. The van der Waals surface area contributed by atoms with Crippen molar-refractivity contribution in [2.45, 2.75) is 32.4 Å². The Morgan fingerprint density at radius 3 is 2.63 bits per heavy atom. The van der Waals surface area contributed by atoms with E-state index in [0.717, 1.165) is 41.7 Å². The highest BCUT2D eigenvalue weighted by atomic mass is 35.5. The van der Waals surface area contributed by atoms with Gasteiger partial charge in [-0.25, -0.2) is 4.79 Å². The maximum atomic E-state index is 13.1. The van der Waals surface area contributed by atoms with E-state index >= 15 is 0 Å². The number of benzene rings is 2. The average molecular weight is 489 g/mol. The van der Waals surface area contributed by atoms with Crippen LogP contribution in [0, 0.1) is 12.8 Å². The third kappa shape index (κ3) is 3.77. The van der Waals surface area contributed by atoms with Crippen molar-refractivity contribution >= 4 is 22.6 Å². The molecule has 6 rings (SSSR count). The molecular weight excluding hydrogens is 464 g/mol. The molecule has 4 aromatic rings. The van der Waals surface area contributed by atoms with Crippen LogP contribution in [-0.2, 0) is 13.1 Å². The van der Waals surface area contributed by atoms with Crippen LogP contribution in [-0.4, -0.2) is 27.7 Å². The van der Waals surface area contributed by atoms with Gasteiger partial charge in [-0.3, -0.25) is 9.69 Å². The highest BCUT2D eigenvalue weighted by Gasteiger charge is 2.35. The van der Waals surface area contributed by atoms with Gasteiger partial charge in [-0.15, -0.1) is 0 Å². The van der Waals surface area contributed by atoms with E-state index in [1.807, 2.05) is 35.8 Å². The fourth-order valence-electron chi connectivity index (χ4n) is 5.91. The lowest BCUT2D eigenvalue weighted by Gasteiger charge is -2.42. The fourth-order valence-corrected chi connectivity index (χ4v) is 6.04. The summed E-state index contributed by atoms with van der Waals surface area (Å²) in [5, 5.41) is 12.2. The minimum atomic E-state index is -0.437. The molecule has 2 aromatic carbocycles. The number of fused-ring (bicyclic) bond motifs is 5. The Labute approximate surface area is 207 Å². The van der Waals surface area contributed by atoms with Gasteiger partial charge >= 0.3 is 5.63 Å². The Morgan fingerprint density at radius 1 is 1.03 bits per heavy atom. The first-order valence-corrected chi connectivity index (χ1v) is 12.2. The molecule has 7 heteroatoms. The van der Waals surface area contributed by atoms with Crippen LogP contribution >= 0.6 is 11.6 Å². The SMILES string of the molecule is Cc1c(-c2ccc(Cl)cc2)c(=O)oc2c(CN3C[C@H]4C[C@@H](C3)c3cccc(=O)n3C4)c(O)ccc12. The summed E-state index contributed by atoms with van der Waals surface area (Å²) < 4.78 is 7.77. The Hall–Kier alpha value is -3.35. The number of piperidine rings is 1. The molecule has 2 aliphatic heterocycles. The summed E-state index contributed by atoms with van der Waals surface area (Å²) in [6, 6.07) is 16.1. The van der Waals surface area contributed by atoms with E-state index < -0.39 is 5.63 Å². The summed E-state index contributed by atoms with van der Waals surface area (Å²) >= 11 is 6.02. The largest absolute Gasteiger partial charge is 0.507 e. The van der Waals surface area contributed by atoms with Gasteiger partial charge < -0.3 is 14.1 Å². The van der Waals surface area contributed by atoms with Crippen LogP contribution < -0.4 is 11.2 Å². The molecule has 35 heavy (non-hydrogen) atoms. The number of aryl methyl sites for hydroxylation is 1. The molecule has 1 N–H and O–H groups in total. The number of hydrogen-bond donors (Lipinski definition) is 1. The van der Waals surface area contributed by atoms with Crippen molar-refractivity contribution in [2.24, 2.45) is 5.92 Å². The first-order chi connectivity index (χ1) is 16.9. The van der Waals surface area contributed by atoms with E-state index in [0.29, 0.717) is 40.7 Å². The molecule has 4 heterocycles. The Kier molecular flexibility index (Phi) is 5.31. The lowest BCUT2D eigenvalue weighted by atomic mass is 9.83. The number of rotatable bonds is 3. The van der Waals surface area contributed by atoms with Gasteiger partial charge in [0.25, 0.3) is 5.56 Å². The monoisotopic (exact) mass is 488 g/mol. The molecular formula is C28H25ClN2O4. The van der Waals surface area contributed by atoms with Crippen molar-refractivity contribution in [1.29, 1.82) is 0 Å². The number of nitrogens with zero attached hydrogens (tertiary/aromatic N) is 2. The first-order valence-electron chi connectivity index (χ1n) is 11.9. The third-order valence-electron chi connectivity index (χ3n) is 7.48. The maximum absolute atomic E-state index is 13.1. The maximum Gasteiger partial charge on any atom is 0.344 e. The summed E-state index contributed by atoms with van der Waals surface area (Å²) in [4.78, 5) is 27.7. The average Bonchev–Trinajstić information content (AvgIpc) is 2.83. The second-order valence-electron chi connectivity index (χ2n) is 9.73. The van der Waals surface area contributed by atoms with Gasteiger partial charge in [0.05, 0.1) is 11.1 Å². The van der Waals surface area contributed by atoms with E-state index in [-0.39, 0.29) is 17.2 Å². The van der Waals surface area contributed by atoms with Gasteiger partial charge in [0.1, 0.15) is 11.3 Å². The van der Waals surface area contributed by atoms with Crippen molar-refractivity contribution in [3.8, 4) is 16.9 Å². The molecule has 0 saturated carbocycles. The van der Waals surface area contributed by atoms with Gasteiger partial charge in [-0.1, -0.05) is 29.8 Å². The molecule has 0 unspecified atom stereocenters. The molecule has 2 atom stereocenters. The molecule has 6 nitrogen and oxygen atoms in total. The fraction of sp³-hybridized carbons (Fsp3) is 0.286. The first kappa shape index (κ1) is 22.1. The third-order valence-corrected chi connectivity index (χ3v) is 7.74. The van der Waals surface area contributed by atoms with E-state index in [4.69, 9.17) is 16.0 Å². The van der Waals surface area contributed by atoms with Crippen LogP contribution in [0.2, 0.25) is 5.02 Å². The lowest BCUT2D eigenvalue weighted by Crippen LogP contribution is -2.46. The van der Waals surface area contributed by atoms with Crippen molar-refractivity contribution in [3.05, 3.63) is 97.2 Å². The topological polar surface area (TPSA) is 75.7 Å². The predicted molar refractivity (Wildman–Crippen MR) is 136 cm³/mol. The van der Waals surface area contributed by atoms with Gasteiger partial charge in [0, 0.05) is 54.3 Å². The lowest BCUT2D eigenvalue weighted by molar-refractivity contribution is 0.113. The molecule has 0 radical (unpaired) electrons.